The van der Waals surface area contributed by atoms with Crippen LogP contribution in [0.2, 0.25) is 0 Å². The van der Waals surface area contributed by atoms with Gasteiger partial charge in [0.05, 0.1) is 26.2 Å². The van der Waals surface area contributed by atoms with Crippen LogP contribution < -0.4 is 10.1 Å². The summed E-state index contributed by atoms with van der Waals surface area (Å²) < 4.78 is 5.20. The van der Waals surface area contributed by atoms with Gasteiger partial charge in [-0.2, -0.15) is 0 Å². The van der Waals surface area contributed by atoms with E-state index in [9.17, 15) is 14.4 Å². The number of nitrogens with zero attached hydrogens (tertiary/aromatic N) is 4. The molecular weight excluding hydrogens is 458 g/mol. The van der Waals surface area contributed by atoms with Crippen molar-refractivity contribution in [2.24, 2.45) is 0 Å². The van der Waals surface area contributed by atoms with Gasteiger partial charge in [0, 0.05) is 13.6 Å². The van der Waals surface area contributed by atoms with Gasteiger partial charge in [0.2, 0.25) is 11.8 Å². The minimum absolute atomic E-state index is 0.0359. The largest absolute Gasteiger partial charge is 0.497 e. The number of nitrogens with one attached hydrogen (secondary N) is 1. The van der Waals surface area contributed by atoms with Crippen LogP contribution in [0.25, 0.3) is 0 Å². The quantitative estimate of drug-likeness (QED) is 0.641. The Hall–Kier alpha value is -3.59. The second-order valence-electron chi connectivity index (χ2n) is 9.33. The van der Waals surface area contributed by atoms with E-state index in [2.05, 4.69) is 5.32 Å². The van der Waals surface area contributed by atoms with E-state index in [4.69, 9.17) is 4.74 Å². The highest BCUT2D eigenvalue weighted by Crippen LogP contribution is 2.32. The van der Waals surface area contributed by atoms with E-state index < -0.39 is 12.2 Å². The van der Waals surface area contributed by atoms with Crippen LogP contribution >= 0.6 is 0 Å². The highest BCUT2D eigenvalue weighted by atomic mass is 16.5. The molecule has 3 atom stereocenters. The van der Waals surface area contributed by atoms with Gasteiger partial charge in [-0.25, -0.2) is 14.8 Å². The summed E-state index contributed by atoms with van der Waals surface area (Å²) in [7, 11) is 3.34. The van der Waals surface area contributed by atoms with Crippen LogP contribution in [0.5, 0.6) is 5.75 Å². The van der Waals surface area contributed by atoms with Crippen molar-refractivity contribution in [2.45, 2.75) is 51.5 Å². The fourth-order valence-electron chi connectivity index (χ4n) is 5.08. The van der Waals surface area contributed by atoms with Crippen molar-refractivity contribution in [1.82, 2.24) is 25.1 Å². The lowest BCUT2D eigenvalue weighted by Crippen LogP contribution is -2.76. The molecule has 0 bridgehead atoms. The van der Waals surface area contributed by atoms with Gasteiger partial charge >= 0.3 is 6.03 Å². The number of carbonyl (C=O) groups is 3. The molecule has 0 radical (unpaired) electrons. The zero-order chi connectivity index (χ0) is 25.8. The standard InChI is InChI=1S/C27H35N5O4/c1-5-9-23-26(34)30(19(2)21-10-7-6-8-11-21)17-24-31(23)25(33)18-29(3)32(24)27(35)28-16-20-12-14-22(36-4)15-13-20/h6-8,10-15,19,23-24H,5,9,16-18H2,1-4H3,(H,28,35)/t19-,23-,24-/m0/s1. The number of methoxy groups -OCH3 is 1. The van der Waals surface area contributed by atoms with Gasteiger partial charge in [0.1, 0.15) is 18.0 Å². The van der Waals surface area contributed by atoms with Crippen molar-refractivity contribution < 1.29 is 19.1 Å². The van der Waals surface area contributed by atoms with Gasteiger partial charge in [-0.3, -0.25) is 9.59 Å². The number of piperazine rings is 1. The first kappa shape index (κ1) is 25.5. The number of hydrogen-bond acceptors (Lipinski definition) is 5. The van der Waals surface area contributed by atoms with Crippen LogP contribution in [-0.2, 0) is 16.1 Å². The van der Waals surface area contributed by atoms with Gasteiger partial charge in [0.15, 0.2) is 0 Å². The van der Waals surface area contributed by atoms with Crippen LogP contribution in [0.15, 0.2) is 54.6 Å². The summed E-state index contributed by atoms with van der Waals surface area (Å²) >= 11 is 0. The summed E-state index contributed by atoms with van der Waals surface area (Å²) in [5.41, 5.74) is 1.94. The highest BCUT2D eigenvalue weighted by Gasteiger charge is 2.51. The van der Waals surface area contributed by atoms with Gasteiger partial charge in [-0.05, 0) is 36.6 Å². The normalized spacial score (nSPS) is 21.3. The Labute approximate surface area is 212 Å². The molecule has 2 saturated heterocycles. The molecule has 192 valence electrons. The molecule has 2 aromatic carbocycles. The molecule has 4 amide bonds. The molecule has 0 aromatic heterocycles. The predicted octanol–water partition coefficient (Wildman–Crippen LogP) is 2.99. The Morgan fingerprint density at radius 2 is 1.81 bits per heavy atom. The Morgan fingerprint density at radius 3 is 2.44 bits per heavy atom. The molecule has 36 heavy (non-hydrogen) atoms. The second-order valence-corrected chi connectivity index (χ2v) is 9.33. The molecule has 1 N–H and O–H groups in total. The molecule has 9 heteroatoms. The molecule has 2 heterocycles. The highest BCUT2D eigenvalue weighted by molar-refractivity contribution is 5.91. The van der Waals surface area contributed by atoms with Crippen LogP contribution in [0, 0.1) is 0 Å². The van der Waals surface area contributed by atoms with Crippen molar-refractivity contribution in [1.29, 1.82) is 0 Å². The number of likely N-dealkylation sites (N-methyl/N-ethyl adjacent to an activating group) is 1. The average Bonchev–Trinajstić information content (AvgIpc) is 2.89. The predicted molar refractivity (Wildman–Crippen MR) is 136 cm³/mol. The topological polar surface area (TPSA) is 85.4 Å². The second kappa shape index (κ2) is 11.0. The number of carbonyl (C=O) groups excluding carboxylic acids is 3. The monoisotopic (exact) mass is 493 g/mol. The van der Waals surface area contributed by atoms with Gasteiger partial charge in [-0.1, -0.05) is 55.8 Å². The van der Waals surface area contributed by atoms with Crippen molar-refractivity contribution in [3.8, 4) is 5.75 Å². The molecule has 2 aliphatic heterocycles. The van der Waals surface area contributed by atoms with Gasteiger partial charge < -0.3 is 19.9 Å². The number of amides is 4. The lowest BCUT2D eigenvalue weighted by atomic mass is 9.98. The third-order valence-electron chi connectivity index (χ3n) is 7.01. The molecule has 0 aliphatic carbocycles. The van der Waals surface area contributed by atoms with E-state index in [1.165, 1.54) is 0 Å². The summed E-state index contributed by atoms with van der Waals surface area (Å²) in [4.78, 5) is 43.7. The summed E-state index contributed by atoms with van der Waals surface area (Å²) in [6.07, 6.45) is 0.705. The fourth-order valence-corrected chi connectivity index (χ4v) is 5.08. The number of rotatable bonds is 7. The zero-order valence-corrected chi connectivity index (χ0v) is 21.4. The van der Waals surface area contributed by atoms with Crippen LogP contribution in [0.4, 0.5) is 4.79 Å². The van der Waals surface area contributed by atoms with Gasteiger partial charge in [-0.15, -0.1) is 0 Å². The first-order valence-electron chi connectivity index (χ1n) is 12.4. The van der Waals surface area contributed by atoms with Crippen molar-refractivity contribution in [2.75, 3.05) is 27.2 Å². The SMILES string of the molecule is CCC[C@H]1C(=O)N([C@@H](C)c2ccccc2)C[C@H]2N1C(=O)CN(C)N2C(=O)NCc1ccc(OC)cc1. The number of benzene rings is 2. The summed E-state index contributed by atoms with van der Waals surface area (Å²) in [5.74, 6) is 0.540. The van der Waals surface area contributed by atoms with E-state index in [1.54, 1.807) is 29.1 Å². The first-order chi connectivity index (χ1) is 17.3. The lowest BCUT2D eigenvalue weighted by molar-refractivity contribution is -0.189. The number of fused-ring (bicyclic) bond motifs is 1. The number of hydrazine groups is 1. The van der Waals surface area contributed by atoms with E-state index in [-0.39, 0.29) is 37.0 Å². The van der Waals surface area contributed by atoms with Crippen molar-refractivity contribution >= 4 is 17.8 Å². The number of urea groups is 1. The number of hydrogen-bond donors (Lipinski definition) is 1. The third kappa shape index (κ3) is 5.02. The molecule has 4 rings (SSSR count). The van der Waals surface area contributed by atoms with E-state index in [1.807, 2.05) is 73.3 Å². The Kier molecular flexibility index (Phi) is 7.79. The average molecular weight is 494 g/mol. The van der Waals surface area contributed by atoms with E-state index in [0.29, 0.717) is 13.0 Å². The third-order valence-corrected chi connectivity index (χ3v) is 7.01. The molecule has 2 aromatic rings. The molecule has 0 saturated carbocycles. The smallest absolute Gasteiger partial charge is 0.334 e. The Balaban J connectivity index is 1.59. The van der Waals surface area contributed by atoms with Crippen LogP contribution in [0.3, 0.4) is 0 Å². The van der Waals surface area contributed by atoms with Gasteiger partial charge in [0.25, 0.3) is 0 Å². The molecule has 2 fully saturated rings. The summed E-state index contributed by atoms with van der Waals surface area (Å²) in [6.45, 7) is 4.60. The first-order valence-corrected chi connectivity index (χ1v) is 12.4. The molecule has 2 aliphatic rings. The maximum Gasteiger partial charge on any atom is 0.334 e. The van der Waals surface area contributed by atoms with Crippen LogP contribution in [-0.4, -0.2) is 77.1 Å². The van der Waals surface area contributed by atoms with E-state index >= 15 is 0 Å². The minimum Gasteiger partial charge on any atom is -0.497 e. The summed E-state index contributed by atoms with van der Waals surface area (Å²) in [5, 5.41) is 6.22. The van der Waals surface area contributed by atoms with Crippen LogP contribution in [0.1, 0.15) is 43.9 Å². The van der Waals surface area contributed by atoms with Crippen molar-refractivity contribution in [3.05, 3.63) is 65.7 Å². The molecular formula is C27H35N5O4. The molecule has 0 unspecified atom stereocenters. The number of ether oxygens (including phenoxy) is 1. The lowest BCUT2D eigenvalue weighted by Gasteiger charge is -2.55. The molecule has 9 nitrogen and oxygen atoms in total. The molecule has 0 spiro atoms. The maximum absolute atomic E-state index is 13.6. The zero-order valence-electron chi connectivity index (χ0n) is 21.4. The van der Waals surface area contributed by atoms with Crippen molar-refractivity contribution in [3.63, 3.8) is 0 Å². The maximum atomic E-state index is 13.6. The minimum atomic E-state index is -0.599. The fraction of sp³-hybridized carbons (Fsp3) is 0.444. The Bertz CT molecular complexity index is 1080. The summed E-state index contributed by atoms with van der Waals surface area (Å²) in [6, 6.07) is 16.2. The van der Waals surface area contributed by atoms with E-state index in [0.717, 1.165) is 23.3 Å². The Morgan fingerprint density at radius 1 is 1.11 bits per heavy atom.